The fourth-order valence-electron chi connectivity index (χ4n) is 2.84. The molecule has 1 rings (SSSR count). The van der Waals surface area contributed by atoms with Crippen molar-refractivity contribution in [3.8, 4) is 0 Å². The number of hydrogen-bond donors (Lipinski definition) is 1. The van der Waals surface area contributed by atoms with Crippen molar-refractivity contribution >= 4 is 0 Å². The van der Waals surface area contributed by atoms with Crippen LogP contribution in [0.1, 0.15) is 63.7 Å². The second-order valence-electron chi connectivity index (χ2n) is 5.83. The molecular weight excluding hydrogens is 248 g/mol. The molecule has 0 aliphatic carbocycles. The molecule has 0 amide bonds. The summed E-state index contributed by atoms with van der Waals surface area (Å²) >= 11 is 0. The molecule has 0 aliphatic heterocycles. The molecule has 1 aromatic rings. The molecule has 2 unspecified atom stereocenters. The smallest absolute Gasteiger partial charge is 0.105 e. The fraction of sp³-hybridized carbons (Fsp3) is 0.765. The number of aryl methyl sites for hydroxylation is 2. The first-order valence-corrected chi connectivity index (χ1v) is 8.03. The molecule has 116 valence electrons. The van der Waals surface area contributed by atoms with E-state index in [9.17, 15) is 0 Å². The van der Waals surface area contributed by atoms with E-state index in [-0.39, 0.29) is 0 Å². The topological polar surface area (TPSA) is 28.4 Å². The van der Waals surface area contributed by atoms with Gasteiger partial charge in [-0.05, 0) is 66.2 Å². The monoisotopic (exact) mass is 280 g/mol. The van der Waals surface area contributed by atoms with Crippen LogP contribution < -0.4 is 5.32 Å². The highest BCUT2D eigenvalue weighted by molar-refractivity contribution is 5.23. The molecule has 20 heavy (non-hydrogen) atoms. The lowest BCUT2D eigenvalue weighted by Crippen LogP contribution is -2.31. The van der Waals surface area contributed by atoms with Gasteiger partial charge in [-0.15, -0.1) is 0 Å². The number of nitrogens with zero attached hydrogens (tertiary/aromatic N) is 1. The number of nitrogens with one attached hydrogen (secondary N) is 1. The van der Waals surface area contributed by atoms with Crippen LogP contribution in [0.25, 0.3) is 0 Å². The van der Waals surface area contributed by atoms with Crippen molar-refractivity contribution in [3.63, 3.8) is 0 Å². The zero-order valence-electron chi connectivity index (χ0n) is 14.1. The molecule has 0 fully saturated rings. The molecule has 0 aromatic carbocycles. The molecule has 0 aliphatic rings. The highest BCUT2D eigenvalue weighted by Gasteiger charge is 2.14. The SMILES string of the molecule is CCN(CC)CCCC(C)NC(C)c1cc(C)oc1C. The van der Waals surface area contributed by atoms with Crippen molar-refractivity contribution in [3.05, 3.63) is 23.2 Å². The minimum Gasteiger partial charge on any atom is -0.466 e. The first-order valence-electron chi connectivity index (χ1n) is 8.03. The summed E-state index contributed by atoms with van der Waals surface area (Å²) in [4.78, 5) is 2.49. The molecule has 1 N–H and O–H groups in total. The second-order valence-corrected chi connectivity index (χ2v) is 5.83. The Morgan fingerprint density at radius 1 is 1.20 bits per heavy atom. The Morgan fingerprint density at radius 2 is 1.85 bits per heavy atom. The van der Waals surface area contributed by atoms with E-state index in [0.29, 0.717) is 12.1 Å². The van der Waals surface area contributed by atoms with E-state index in [1.54, 1.807) is 0 Å². The van der Waals surface area contributed by atoms with E-state index in [4.69, 9.17) is 4.42 Å². The summed E-state index contributed by atoms with van der Waals surface area (Å²) in [5.74, 6) is 2.04. The standard InChI is InChI=1S/C17H32N2O/c1-7-19(8-2)11-9-10-13(3)18-15(5)17-12-14(4)20-16(17)6/h12-13,15,18H,7-11H2,1-6H3. The first-order chi connectivity index (χ1) is 9.47. The predicted octanol–water partition coefficient (Wildman–Crippen LogP) is 4.06. The van der Waals surface area contributed by atoms with Crippen molar-refractivity contribution in [2.24, 2.45) is 0 Å². The van der Waals surface area contributed by atoms with Gasteiger partial charge in [0, 0.05) is 17.6 Å². The Balaban J connectivity index is 2.35. The lowest BCUT2D eigenvalue weighted by atomic mass is 10.1. The third kappa shape index (κ3) is 5.29. The van der Waals surface area contributed by atoms with E-state index < -0.39 is 0 Å². The quantitative estimate of drug-likeness (QED) is 0.739. The van der Waals surface area contributed by atoms with Gasteiger partial charge < -0.3 is 14.6 Å². The van der Waals surface area contributed by atoms with Crippen molar-refractivity contribution < 1.29 is 4.42 Å². The van der Waals surface area contributed by atoms with E-state index in [2.05, 4.69) is 44.0 Å². The molecular formula is C17H32N2O. The Kier molecular flexibility index (Phi) is 7.31. The summed E-state index contributed by atoms with van der Waals surface area (Å²) < 4.78 is 5.61. The molecule has 3 heteroatoms. The summed E-state index contributed by atoms with van der Waals surface area (Å²) in [7, 11) is 0. The summed E-state index contributed by atoms with van der Waals surface area (Å²) in [6, 6.07) is 3.04. The molecule has 0 bridgehead atoms. The van der Waals surface area contributed by atoms with Crippen LogP contribution in [0.5, 0.6) is 0 Å². The predicted molar refractivity (Wildman–Crippen MR) is 86.2 cm³/mol. The van der Waals surface area contributed by atoms with Crippen LogP contribution in [0.2, 0.25) is 0 Å². The van der Waals surface area contributed by atoms with Gasteiger partial charge in [-0.1, -0.05) is 13.8 Å². The largest absolute Gasteiger partial charge is 0.466 e. The van der Waals surface area contributed by atoms with Gasteiger partial charge in [0.05, 0.1) is 0 Å². The maximum absolute atomic E-state index is 5.61. The van der Waals surface area contributed by atoms with Crippen LogP contribution >= 0.6 is 0 Å². The van der Waals surface area contributed by atoms with E-state index in [1.807, 2.05) is 13.8 Å². The molecule has 1 aromatic heterocycles. The van der Waals surface area contributed by atoms with Crippen molar-refractivity contribution in [2.45, 2.75) is 66.5 Å². The van der Waals surface area contributed by atoms with Gasteiger partial charge in [-0.2, -0.15) is 0 Å². The van der Waals surface area contributed by atoms with Crippen LogP contribution in [0.15, 0.2) is 10.5 Å². The van der Waals surface area contributed by atoms with E-state index in [0.717, 1.165) is 24.6 Å². The van der Waals surface area contributed by atoms with Crippen LogP contribution in [0.4, 0.5) is 0 Å². The molecule has 2 atom stereocenters. The summed E-state index contributed by atoms with van der Waals surface area (Å²) in [6.07, 6.45) is 2.47. The molecule has 1 heterocycles. The van der Waals surface area contributed by atoms with Gasteiger partial charge in [0.25, 0.3) is 0 Å². The maximum Gasteiger partial charge on any atom is 0.105 e. The zero-order chi connectivity index (χ0) is 15.1. The van der Waals surface area contributed by atoms with Crippen molar-refractivity contribution in [1.82, 2.24) is 10.2 Å². The average molecular weight is 280 g/mol. The average Bonchev–Trinajstić information content (AvgIpc) is 2.74. The minimum absolute atomic E-state index is 0.357. The molecule has 3 nitrogen and oxygen atoms in total. The van der Waals surface area contributed by atoms with Gasteiger partial charge in [-0.25, -0.2) is 0 Å². The number of rotatable bonds is 9. The van der Waals surface area contributed by atoms with E-state index in [1.165, 1.54) is 24.9 Å². The molecule has 0 radical (unpaired) electrons. The summed E-state index contributed by atoms with van der Waals surface area (Å²) in [5.41, 5.74) is 1.29. The van der Waals surface area contributed by atoms with Gasteiger partial charge in [0.15, 0.2) is 0 Å². The van der Waals surface area contributed by atoms with Gasteiger partial charge in [0.2, 0.25) is 0 Å². The Hall–Kier alpha value is -0.800. The third-order valence-electron chi connectivity index (χ3n) is 4.09. The summed E-state index contributed by atoms with van der Waals surface area (Å²) in [5, 5.41) is 3.68. The Morgan fingerprint density at radius 3 is 2.35 bits per heavy atom. The Bertz CT molecular complexity index is 382. The van der Waals surface area contributed by atoms with Crippen LogP contribution in [-0.4, -0.2) is 30.6 Å². The number of hydrogen-bond acceptors (Lipinski definition) is 3. The van der Waals surface area contributed by atoms with Gasteiger partial charge in [0.1, 0.15) is 11.5 Å². The summed E-state index contributed by atoms with van der Waals surface area (Å²) in [6.45, 7) is 16.5. The lowest BCUT2D eigenvalue weighted by molar-refractivity contribution is 0.288. The fourth-order valence-corrected chi connectivity index (χ4v) is 2.84. The normalized spacial score (nSPS) is 14.8. The number of furan rings is 1. The van der Waals surface area contributed by atoms with Crippen LogP contribution in [0, 0.1) is 13.8 Å². The second kappa shape index (κ2) is 8.48. The third-order valence-corrected chi connectivity index (χ3v) is 4.09. The van der Waals surface area contributed by atoms with E-state index >= 15 is 0 Å². The molecule has 0 saturated heterocycles. The zero-order valence-corrected chi connectivity index (χ0v) is 14.1. The minimum atomic E-state index is 0.357. The maximum atomic E-state index is 5.61. The van der Waals surface area contributed by atoms with Gasteiger partial charge in [-0.3, -0.25) is 0 Å². The van der Waals surface area contributed by atoms with Crippen molar-refractivity contribution in [1.29, 1.82) is 0 Å². The first kappa shape index (κ1) is 17.3. The van der Waals surface area contributed by atoms with Crippen molar-refractivity contribution in [2.75, 3.05) is 19.6 Å². The molecule has 0 spiro atoms. The molecule has 0 saturated carbocycles. The van der Waals surface area contributed by atoms with Gasteiger partial charge >= 0.3 is 0 Å². The van der Waals surface area contributed by atoms with Crippen LogP contribution in [-0.2, 0) is 0 Å². The highest BCUT2D eigenvalue weighted by atomic mass is 16.3. The highest BCUT2D eigenvalue weighted by Crippen LogP contribution is 2.21. The Labute approximate surface area is 124 Å². The lowest BCUT2D eigenvalue weighted by Gasteiger charge is -2.22. The van der Waals surface area contributed by atoms with Crippen LogP contribution in [0.3, 0.4) is 0 Å².